The normalized spacial score (nSPS) is 14.7. The van der Waals surface area contributed by atoms with Crippen LogP contribution in [0.1, 0.15) is 48.8 Å². The highest BCUT2D eigenvalue weighted by atomic mass is 35.5. The number of halogens is 3. The molecule has 0 unspecified atom stereocenters. The lowest BCUT2D eigenvalue weighted by Crippen LogP contribution is -2.53. The first-order valence-electron chi connectivity index (χ1n) is 12.7. The Hall–Kier alpha value is -2.89. The maximum atomic E-state index is 13.8. The van der Waals surface area contributed by atoms with E-state index in [1.54, 1.807) is 35.2 Å². The Morgan fingerprint density at radius 3 is 2.30 bits per heavy atom. The average molecular weight is 541 g/mol. The summed E-state index contributed by atoms with van der Waals surface area (Å²) in [7, 11) is 0. The Bertz CT molecular complexity index is 1200. The first-order chi connectivity index (χ1) is 17.9. The number of nitrogens with one attached hydrogen (secondary N) is 1. The highest BCUT2D eigenvalue weighted by Crippen LogP contribution is 2.24. The molecule has 4 rings (SSSR count). The van der Waals surface area contributed by atoms with Gasteiger partial charge in [-0.3, -0.25) is 9.59 Å². The summed E-state index contributed by atoms with van der Waals surface area (Å²) in [5.74, 6) is -0.771. The molecule has 0 saturated heterocycles. The van der Waals surface area contributed by atoms with E-state index in [0.717, 1.165) is 36.8 Å². The van der Waals surface area contributed by atoms with E-state index in [9.17, 15) is 14.0 Å². The van der Waals surface area contributed by atoms with E-state index in [1.807, 2.05) is 30.3 Å². The molecular weight excluding hydrogens is 510 g/mol. The van der Waals surface area contributed by atoms with Gasteiger partial charge in [-0.2, -0.15) is 0 Å². The van der Waals surface area contributed by atoms with Gasteiger partial charge < -0.3 is 10.2 Å². The van der Waals surface area contributed by atoms with Crippen LogP contribution < -0.4 is 5.32 Å². The van der Waals surface area contributed by atoms with Crippen LogP contribution in [0.3, 0.4) is 0 Å². The number of amides is 2. The fraction of sp³-hybridized carbons (Fsp3) is 0.333. The molecule has 2 amide bonds. The third-order valence-electron chi connectivity index (χ3n) is 6.85. The third-order valence-corrected chi connectivity index (χ3v) is 7.43. The van der Waals surface area contributed by atoms with E-state index in [-0.39, 0.29) is 36.6 Å². The molecule has 194 valence electrons. The predicted molar refractivity (Wildman–Crippen MR) is 146 cm³/mol. The van der Waals surface area contributed by atoms with E-state index in [0.29, 0.717) is 22.0 Å². The molecule has 0 aromatic heterocycles. The first kappa shape index (κ1) is 27.2. The van der Waals surface area contributed by atoms with Gasteiger partial charge in [-0.1, -0.05) is 91.0 Å². The molecule has 1 fully saturated rings. The van der Waals surface area contributed by atoms with Gasteiger partial charge in [0.1, 0.15) is 11.9 Å². The second kappa shape index (κ2) is 13.1. The molecule has 1 aliphatic carbocycles. The lowest BCUT2D eigenvalue weighted by molar-refractivity contribution is -0.141. The highest BCUT2D eigenvalue weighted by Gasteiger charge is 2.32. The monoisotopic (exact) mass is 540 g/mol. The molecule has 1 atom stereocenters. The number of benzene rings is 3. The lowest BCUT2D eigenvalue weighted by atomic mass is 9.94. The van der Waals surface area contributed by atoms with Gasteiger partial charge in [0.25, 0.3) is 0 Å². The van der Waals surface area contributed by atoms with Gasteiger partial charge in [0, 0.05) is 29.1 Å². The highest BCUT2D eigenvalue weighted by molar-refractivity contribution is 6.35. The third kappa shape index (κ3) is 7.80. The molecule has 0 bridgehead atoms. The number of carbonyl (C=O) groups is 2. The van der Waals surface area contributed by atoms with Crippen LogP contribution in [0.2, 0.25) is 10.0 Å². The summed E-state index contributed by atoms with van der Waals surface area (Å²) in [6.07, 6.45) is 5.60. The molecule has 7 heteroatoms. The van der Waals surface area contributed by atoms with E-state index in [2.05, 4.69) is 5.32 Å². The molecule has 1 N–H and O–H groups in total. The Morgan fingerprint density at radius 1 is 0.919 bits per heavy atom. The second-order valence-electron chi connectivity index (χ2n) is 9.61. The van der Waals surface area contributed by atoms with Gasteiger partial charge in [-0.25, -0.2) is 4.39 Å². The zero-order chi connectivity index (χ0) is 26.2. The minimum Gasteiger partial charge on any atom is -0.352 e. The number of rotatable bonds is 9. The molecule has 1 saturated carbocycles. The van der Waals surface area contributed by atoms with Crippen LogP contribution in [0, 0.1) is 5.82 Å². The molecule has 4 nitrogen and oxygen atoms in total. The molecule has 0 aliphatic heterocycles. The van der Waals surface area contributed by atoms with Crippen molar-refractivity contribution in [1.82, 2.24) is 10.2 Å². The molecule has 0 heterocycles. The number of hydrogen-bond donors (Lipinski definition) is 1. The van der Waals surface area contributed by atoms with Gasteiger partial charge in [0.2, 0.25) is 11.8 Å². The predicted octanol–water partition coefficient (Wildman–Crippen LogP) is 6.76. The summed E-state index contributed by atoms with van der Waals surface area (Å²) in [6.45, 7) is 0.167. The summed E-state index contributed by atoms with van der Waals surface area (Å²) >= 11 is 12.4. The van der Waals surface area contributed by atoms with Crippen LogP contribution in [-0.2, 0) is 29.0 Å². The summed E-state index contributed by atoms with van der Waals surface area (Å²) in [5.41, 5.74) is 2.32. The van der Waals surface area contributed by atoms with Gasteiger partial charge in [0.15, 0.2) is 0 Å². The molecule has 37 heavy (non-hydrogen) atoms. The van der Waals surface area contributed by atoms with Crippen molar-refractivity contribution in [3.63, 3.8) is 0 Å². The van der Waals surface area contributed by atoms with E-state index in [4.69, 9.17) is 23.2 Å². The van der Waals surface area contributed by atoms with Crippen LogP contribution in [-0.4, -0.2) is 28.8 Å². The zero-order valence-corrected chi connectivity index (χ0v) is 22.1. The van der Waals surface area contributed by atoms with Crippen LogP contribution in [0.4, 0.5) is 4.39 Å². The SMILES string of the molecule is O=C(NC1CCCCC1)[C@H](Cc1ccccc1)N(Cc1ccc(F)cc1)C(=O)Cc1ccc(Cl)cc1Cl. The summed E-state index contributed by atoms with van der Waals surface area (Å²) in [6, 6.07) is 20.1. The summed E-state index contributed by atoms with van der Waals surface area (Å²) in [4.78, 5) is 29.2. The van der Waals surface area contributed by atoms with Crippen molar-refractivity contribution < 1.29 is 14.0 Å². The largest absolute Gasteiger partial charge is 0.352 e. The van der Waals surface area contributed by atoms with Gasteiger partial charge in [-0.05, 0) is 53.8 Å². The fourth-order valence-corrected chi connectivity index (χ4v) is 5.29. The maximum Gasteiger partial charge on any atom is 0.243 e. The molecule has 0 radical (unpaired) electrons. The van der Waals surface area contributed by atoms with Crippen molar-refractivity contribution in [3.05, 3.63) is 105 Å². The number of carbonyl (C=O) groups excluding carboxylic acids is 2. The van der Waals surface area contributed by atoms with Crippen molar-refractivity contribution in [2.45, 2.75) is 63.6 Å². The van der Waals surface area contributed by atoms with Crippen molar-refractivity contribution in [2.24, 2.45) is 0 Å². The minimum atomic E-state index is -0.743. The first-order valence-corrected chi connectivity index (χ1v) is 13.5. The van der Waals surface area contributed by atoms with E-state index >= 15 is 0 Å². The van der Waals surface area contributed by atoms with Crippen molar-refractivity contribution in [2.75, 3.05) is 0 Å². The van der Waals surface area contributed by atoms with Crippen LogP contribution >= 0.6 is 23.2 Å². The number of nitrogens with zero attached hydrogens (tertiary/aromatic N) is 1. The maximum absolute atomic E-state index is 13.8. The minimum absolute atomic E-state index is 0.0131. The molecule has 0 spiro atoms. The molecule has 3 aromatic rings. The van der Waals surface area contributed by atoms with Gasteiger partial charge in [0.05, 0.1) is 6.42 Å². The quantitative estimate of drug-likeness (QED) is 0.325. The average Bonchev–Trinajstić information content (AvgIpc) is 2.90. The fourth-order valence-electron chi connectivity index (χ4n) is 4.81. The zero-order valence-electron chi connectivity index (χ0n) is 20.6. The van der Waals surface area contributed by atoms with Gasteiger partial charge >= 0.3 is 0 Å². The Balaban J connectivity index is 1.66. The van der Waals surface area contributed by atoms with Crippen molar-refractivity contribution >= 4 is 35.0 Å². The van der Waals surface area contributed by atoms with Gasteiger partial charge in [-0.15, -0.1) is 0 Å². The van der Waals surface area contributed by atoms with E-state index in [1.165, 1.54) is 18.6 Å². The summed E-state index contributed by atoms with van der Waals surface area (Å²) < 4.78 is 13.6. The Morgan fingerprint density at radius 2 is 1.62 bits per heavy atom. The second-order valence-corrected chi connectivity index (χ2v) is 10.5. The smallest absolute Gasteiger partial charge is 0.243 e. The van der Waals surface area contributed by atoms with E-state index < -0.39 is 6.04 Å². The topological polar surface area (TPSA) is 49.4 Å². The van der Waals surface area contributed by atoms with Crippen LogP contribution in [0.25, 0.3) is 0 Å². The molecule has 3 aromatic carbocycles. The molecule has 1 aliphatic rings. The lowest BCUT2D eigenvalue weighted by Gasteiger charge is -2.33. The summed E-state index contributed by atoms with van der Waals surface area (Å²) in [5, 5.41) is 4.10. The van der Waals surface area contributed by atoms with Crippen LogP contribution in [0.5, 0.6) is 0 Å². The standard InChI is InChI=1S/C30H31Cl2FN2O2/c31-24-14-13-23(27(32)19-24)18-29(36)35(20-22-11-15-25(33)16-12-22)28(17-21-7-3-1-4-8-21)30(37)34-26-9-5-2-6-10-26/h1,3-4,7-8,11-16,19,26,28H,2,5-6,9-10,17-18,20H2,(H,34,37)/t28-/m0/s1. The van der Waals surface area contributed by atoms with Crippen molar-refractivity contribution in [3.8, 4) is 0 Å². The van der Waals surface area contributed by atoms with Crippen molar-refractivity contribution in [1.29, 1.82) is 0 Å². The Labute approximate surface area is 227 Å². The molecular formula is C30H31Cl2FN2O2. The number of hydrogen-bond acceptors (Lipinski definition) is 2. The van der Waals surface area contributed by atoms with Crippen LogP contribution in [0.15, 0.2) is 72.8 Å². The Kier molecular flexibility index (Phi) is 9.59.